The first-order valence-corrected chi connectivity index (χ1v) is 9.82. The molecule has 2 aromatic heterocycles. The lowest BCUT2D eigenvalue weighted by Crippen LogP contribution is -2.49. The summed E-state index contributed by atoms with van der Waals surface area (Å²) < 4.78 is 0. The third kappa shape index (κ3) is 4.18. The van der Waals surface area contributed by atoms with Gasteiger partial charge in [-0.05, 0) is 25.0 Å². The van der Waals surface area contributed by atoms with E-state index in [-0.39, 0.29) is 5.91 Å². The van der Waals surface area contributed by atoms with Crippen molar-refractivity contribution in [3.8, 4) is 0 Å². The van der Waals surface area contributed by atoms with Gasteiger partial charge in [-0.15, -0.1) is 0 Å². The molecule has 2 aliphatic rings. The number of carbonyl (C=O) groups is 1. The molecule has 4 rings (SSSR count). The minimum absolute atomic E-state index is 0.0628. The molecule has 7 heteroatoms. The summed E-state index contributed by atoms with van der Waals surface area (Å²) >= 11 is 0. The van der Waals surface area contributed by atoms with E-state index >= 15 is 0 Å². The van der Waals surface area contributed by atoms with Gasteiger partial charge in [0, 0.05) is 57.9 Å². The molecule has 2 fully saturated rings. The SMILES string of the molecule is O=C(c1cncc(N2CCCCCC2)c1)N1CCN(c2ncccn2)CC1. The van der Waals surface area contributed by atoms with E-state index in [0.29, 0.717) is 18.7 Å². The Labute approximate surface area is 160 Å². The molecule has 0 radical (unpaired) electrons. The van der Waals surface area contributed by atoms with Gasteiger partial charge < -0.3 is 14.7 Å². The molecular weight excluding hydrogens is 340 g/mol. The number of hydrogen-bond acceptors (Lipinski definition) is 6. The summed E-state index contributed by atoms with van der Waals surface area (Å²) in [6, 6.07) is 3.82. The molecule has 0 aliphatic carbocycles. The van der Waals surface area contributed by atoms with E-state index in [1.807, 2.05) is 23.2 Å². The van der Waals surface area contributed by atoms with E-state index in [2.05, 4.69) is 24.8 Å². The van der Waals surface area contributed by atoms with E-state index in [0.717, 1.165) is 37.8 Å². The second-order valence-corrected chi connectivity index (χ2v) is 7.16. The number of carbonyl (C=O) groups excluding carboxylic acids is 1. The average molecular weight is 366 g/mol. The van der Waals surface area contributed by atoms with Crippen molar-refractivity contribution in [2.45, 2.75) is 25.7 Å². The number of aromatic nitrogens is 3. The number of amides is 1. The summed E-state index contributed by atoms with van der Waals surface area (Å²) in [5.74, 6) is 0.794. The van der Waals surface area contributed by atoms with E-state index < -0.39 is 0 Å². The van der Waals surface area contributed by atoms with Crippen molar-refractivity contribution >= 4 is 17.5 Å². The lowest BCUT2D eigenvalue weighted by atomic mass is 10.2. The van der Waals surface area contributed by atoms with Gasteiger partial charge in [0.2, 0.25) is 5.95 Å². The lowest BCUT2D eigenvalue weighted by molar-refractivity contribution is 0.0746. The van der Waals surface area contributed by atoms with Crippen molar-refractivity contribution in [3.63, 3.8) is 0 Å². The molecule has 0 unspecified atom stereocenters. The van der Waals surface area contributed by atoms with Gasteiger partial charge in [0.1, 0.15) is 0 Å². The second-order valence-electron chi connectivity index (χ2n) is 7.16. The van der Waals surface area contributed by atoms with Crippen LogP contribution in [0.15, 0.2) is 36.9 Å². The summed E-state index contributed by atoms with van der Waals surface area (Å²) in [4.78, 5) is 32.3. The van der Waals surface area contributed by atoms with Crippen molar-refractivity contribution in [3.05, 3.63) is 42.5 Å². The molecule has 0 atom stereocenters. The van der Waals surface area contributed by atoms with Crippen LogP contribution in [0.2, 0.25) is 0 Å². The minimum Gasteiger partial charge on any atom is -0.370 e. The smallest absolute Gasteiger partial charge is 0.255 e. The predicted molar refractivity (Wildman–Crippen MR) is 105 cm³/mol. The third-order valence-electron chi connectivity index (χ3n) is 5.34. The largest absolute Gasteiger partial charge is 0.370 e. The molecule has 2 aromatic rings. The summed E-state index contributed by atoms with van der Waals surface area (Å²) in [5.41, 5.74) is 1.75. The maximum absolute atomic E-state index is 13.0. The van der Waals surface area contributed by atoms with E-state index in [1.165, 1.54) is 25.7 Å². The number of nitrogens with zero attached hydrogens (tertiary/aromatic N) is 6. The van der Waals surface area contributed by atoms with E-state index in [1.54, 1.807) is 18.6 Å². The van der Waals surface area contributed by atoms with Crippen LogP contribution in [-0.2, 0) is 0 Å². The van der Waals surface area contributed by atoms with Crippen molar-refractivity contribution in [1.82, 2.24) is 19.9 Å². The summed E-state index contributed by atoms with van der Waals surface area (Å²) in [6.45, 7) is 4.93. The highest BCUT2D eigenvalue weighted by atomic mass is 16.2. The fourth-order valence-electron chi connectivity index (χ4n) is 3.79. The topological polar surface area (TPSA) is 65.5 Å². The zero-order valence-electron chi connectivity index (χ0n) is 15.6. The Bertz CT molecular complexity index is 752. The summed E-state index contributed by atoms with van der Waals surface area (Å²) in [7, 11) is 0. The Morgan fingerprint density at radius 1 is 0.815 bits per heavy atom. The van der Waals surface area contributed by atoms with Crippen LogP contribution >= 0.6 is 0 Å². The molecule has 0 saturated carbocycles. The molecular formula is C20H26N6O. The highest BCUT2D eigenvalue weighted by molar-refractivity contribution is 5.95. The zero-order chi connectivity index (χ0) is 18.5. The van der Waals surface area contributed by atoms with Crippen LogP contribution in [-0.4, -0.2) is 65.0 Å². The van der Waals surface area contributed by atoms with Gasteiger partial charge in [-0.25, -0.2) is 9.97 Å². The first-order chi connectivity index (χ1) is 13.3. The maximum Gasteiger partial charge on any atom is 0.255 e. The molecule has 142 valence electrons. The fourth-order valence-corrected chi connectivity index (χ4v) is 3.79. The normalized spacial score (nSPS) is 18.3. The van der Waals surface area contributed by atoms with Crippen molar-refractivity contribution in [1.29, 1.82) is 0 Å². The Morgan fingerprint density at radius 3 is 2.22 bits per heavy atom. The number of pyridine rings is 1. The quantitative estimate of drug-likeness (QED) is 0.830. The highest BCUT2D eigenvalue weighted by Gasteiger charge is 2.24. The molecule has 0 bridgehead atoms. The average Bonchev–Trinajstić information content (AvgIpc) is 3.04. The molecule has 27 heavy (non-hydrogen) atoms. The van der Waals surface area contributed by atoms with E-state index in [4.69, 9.17) is 0 Å². The van der Waals surface area contributed by atoms with Crippen molar-refractivity contribution in [2.24, 2.45) is 0 Å². The lowest BCUT2D eigenvalue weighted by Gasteiger charge is -2.34. The van der Waals surface area contributed by atoms with Gasteiger partial charge in [-0.3, -0.25) is 9.78 Å². The third-order valence-corrected chi connectivity index (χ3v) is 5.34. The molecule has 2 aliphatic heterocycles. The van der Waals surface area contributed by atoms with Gasteiger partial charge >= 0.3 is 0 Å². The Balaban J connectivity index is 1.40. The molecule has 0 spiro atoms. The Kier molecular flexibility index (Phi) is 5.46. The van der Waals surface area contributed by atoms with E-state index in [9.17, 15) is 4.79 Å². The first kappa shape index (κ1) is 17.7. The van der Waals surface area contributed by atoms with Gasteiger partial charge in [-0.2, -0.15) is 0 Å². The van der Waals surface area contributed by atoms with Crippen LogP contribution in [0, 0.1) is 0 Å². The maximum atomic E-state index is 13.0. The van der Waals surface area contributed by atoms with Crippen LogP contribution in [0.25, 0.3) is 0 Å². The standard InChI is InChI=1S/C20H26N6O/c27-19(25-10-12-26(13-11-25)20-22-6-5-7-23-20)17-14-18(16-21-15-17)24-8-3-1-2-4-9-24/h5-7,14-16H,1-4,8-13H2. The monoisotopic (exact) mass is 366 g/mol. The predicted octanol–water partition coefficient (Wildman–Crippen LogP) is 2.21. The van der Waals surface area contributed by atoms with Crippen LogP contribution < -0.4 is 9.80 Å². The van der Waals surface area contributed by atoms with Crippen molar-refractivity contribution in [2.75, 3.05) is 49.1 Å². The minimum atomic E-state index is 0.0628. The van der Waals surface area contributed by atoms with Gasteiger partial charge in [0.25, 0.3) is 5.91 Å². The zero-order valence-corrected chi connectivity index (χ0v) is 15.6. The summed E-state index contributed by atoms with van der Waals surface area (Å²) in [6.07, 6.45) is 12.1. The molecule has 7 nitrogen and oxygen atoms in total. The fraction of sp³-hybridized carbons (Fsp3) is 0.500. The molecule has 4 heterocycles. The van der Waals surface area contributed by atoms with Crippen LogP contribution in [0.4, 0.5) is 11.6 Å². The van der Waals surface area contributed by atoms with Crippen molar-refractivity contribution < 1.29 is 4.79 Å². The van der Waals surface area contributed by atoms with Gasteiger partial charge in [0.15, 0.2) is 0 Å². The van der Waals surface area contributed by atoms with Crippen LogP contribution in [0.5, 0.6) is 0 Å². The Morgan fingerprint density at radius 2 is 1.52 bits per heavy atom. The molecule has 0 aromatic carbocycles. The molecule has 1 amide bonds. The van der Waals surface area contributed by atoms with Gasteiger partial charge in [-0.1, -0.05) is 12.8 Å². The van der Waals surface area contributed by atoms with Crippen LogP contribution in [0.1, 0.15) is 36.0 Å². The second kappa shape index (κ2) is 8.33. The number of rotatable bonds is 3. The number of hydrogen-bond donors (Lipinski definition) is 0. The molecule has 2 saturated heterocycles. The van der Waals surface area contributed by atoms with Crippen LogP contribution in [0.3, 0.4) is 0 Å². The Hall–Kier alpha value is -2.70. The number of piperazine rings is 1. The highest BCUT2D eigenvalue weighted by Crippen LogP contribution is 2.21. The summed E-state index contributed by atoms with van der Waals surface area (Å²) in [5, 5.41) is 0. The first-order valence-electron chi connectivity index (χ1n) is 9.82. The van der Waals surface area contributed by atoms with Gasteiger partial charge in [0.05, 0.1) is 17.4 Å². The number of anilines is 2. The molecule has 0 N–H and O–H groups in total.